The molecule has 0 heterocycles. The van der Waals surface area contributed by atoms with Gasteiger partial charge in [-0.15, -0.1) is 0 Å². The summed E-state index contributed by atoms with van der Waals surface area (Å²) in [5.74, 6) is 0.735. The molecule has 2 rings (SSSR count). The minimum absolute atomic E-state index is 0.580. The molecule has 0 aromatic heterocycles. The van der Waals surface area contributed by atoms with Gasteiger partial charge in [-0.25, -0.2) is 0 Å². The van der Waals surface area contributed by atoms with Gasteiger partial charge in [-0.1, -0.05) is 35.9 Å². The summed E-state index contributed by atoms with van der Waals surface area (Å²) in [5.41, 5.74) is 3.51. The Balaban J connectivity index is 1.83. The lowest BCUT2D eigenvalue weighted by molar-refractivity contribution is 0.333. The second-order valence-electron chi connectivity index (χ2n) is 4.52. The molecule has 0 atom stereocenters. The minimum atomic E-state index is 0.580. The van der Waals surface area contributed by atoms with E-state index < -0.39 is 0 Å². The van der Waals surface area contributed by atoms with Crippen LogP contribution in [-0.4, -0.2) is 13.2 Å². The van der Waals surface area contributed by atoms with Gasteiger partial charge >= 0.3 is 0 Å². The lowest BCUT2D eigenvalue weighted by Gasteiger charge is -2.11. The van der Waals surface area contributed by atoms with Gasteiger partial charge in [0, 0.05) is 12.2 Å². The average molecular weight is 276 g/mol. The molecular weight excluding hydrogens is 258 g/mol. The van der Waals surface area contributed by atoms with E-state index in [0.717, 1.165) is 23.5 Å². The predicted octanol–water partition coefficient (Wildman–Crippen LogP) is 4.45. The van der Waals surface area contributed by atoms with Crippen LogP contribution >= 0.6 is 11.6 Å². The van der Waals surface area contributed by atoms with Gasteiger partial charge in [-0.2, -0.15) is 0 Å². The number of halogens is 1. The fraction of sp³-hybridized carbons (Fsp3) is 0.250. The first-order chi connectivity index (χ1) is 9.16. The summed E-state index contributed by atoms with van der Waals surface area (Å²) in [4.78, 5) is 0. The Morgan fingerprint density at radius 1 is 1.11 bits per heavy atom. The van der Waals surface area contributed by atoms with Gasteiger partial charge in [0.15, 0.2) is 0 Å². The van der Waals surface area contributed by atoms with Crippen LogP contribution in [0.25, 0.3) is 0 Å². The van der Waals surface area contributed by atoms with Crippen molar-refractivity contribution in [2.75, 3.05) is 18.5 Å². The van der Waals surface area contributed by atoms with Crippen LogP contribution in [0.15, 0.2) is 42.5 Å². The molecule has 0 aliphatic carbocycles. The van der Waals surface area contributed by atoms with E-state index in [0.29, 0.717) is 11.6 Å². The van der Waals surface area contributed by atoms with Crippen LogP contribution < -0.4 is 10.1 Å². The summed E-state index contributed by atoms with van der Waals surface area (Å²) in [6, 6.07) is 14.0. The first kappa shape index (κ1) is 13.8. The SMILES string of the molecule is Cc1ccc(OCCNc2ccccc2C)c(Cl)c1. The van der Waals surface area contributed by atoms with Crippen molar-refractivity contribution in [3.8, 4) is 5.75 Å². The molecule has 100 valence electrons. The molecule has 3 heteroatoms. The third-order valence-electron chi connectivity index (χ3n) is 2.91. The molecule has 0 radical (unpaired) electrons. The maximum atomic E-state index is 6.11. The van der Waals surface area contributed by atoms with Crippen LogP contribution in [0, 0.1) is 13.8 Å². The molecule has 0 aliphatic heterocycles. The fourth-order valence-corrected chi connectivity index (χ4v) is 2.13. The molecule has 0 saturated carbocycles. The molecular formula is C16H18ClNO. The standard InChI is InChI=1S/C16H18ClNO/c1-12-7-8-16(14(17)11-12)19-10-9-18-15-6-4-3-5-13(15)2/h3-8,11,18H,9-10H2,1-2H3. The summed E-state index contributed by atoms with van der Waals surface area (Å²) in [7, 11) is 0. The van der Waals surface area contributed by atoms with Crippen molar-refractivity contribution in [1.29, 1.82) is 0 Å². The summed E-state index contributed by atoms with van der Waals surface area (Å²) in [6.45, 7) is 5.42. The van der Waals surface area contributed by atoms with Crippen molar-refractivity contribution >= 4 is 17.3 Å². The topological polar surface area (TPSA) is 21.3 Å². The van der Waals surface area contributed by atoms with Crippen molar-refractivity contribution in [1.82, 2.24) is 0 Å². The van der Waals surface area contributed by atoms with E-state index in [4.69, 9.17) is 16.3 Å². The molecule has 2 aromatic carbocycles. The lowest BCUT2D eigenvalue weighted by Crippen LogP contribution is -2.12. The van der Waals surface area contributed by atoms with Crippen LogP contribution in [0.3, 0.4) is 0 Å². The third-order valence-corrected chi connectivity index (χ3v) is 3.20. The second kappa shape index (κ2) is 6.48. The Morgan fingerprint density at radius 3 is 2.63 bits per heavy atom. The number of anilines is 1. The van der Waals surface area contributed by atoms with Gasteiger partial charge in [-0.05, 0) is 43.2 Å². The average Bonchev–Trinajstić information content (AvgIpc) is 2.38. The van der Waals surface area contributed by atoms with Gasteiger partial charge in [0.1, 0.15) is 12.4 Å². The monoisotopic (exact) mass is 275 g/mol. The van der Waals surface area contributed by atoms with Crippen LogP contribution in [0.4, 0.5) is 5.69 Å². The van der Waals surface area contributed by atoms with Crippen molar-refractivity contribution in [2.45, 2.75) is 13.8 Å². The Morgan fingerprint density at radius 2 is 1.89 bits per heavy atom. The number of nitrogens with one attached hydrogen (secondary N) is 1. The maximum Gasteiger partial charge on any atom is 0.137 e. The molecule has 2 nitrogen and oxygen atoms in total. The van der Waals surface area contributed by atoms with E-state index in [1.54, 1.807) is 0 Å². The molecule has 0 fully saturated rings. The Kier molecular flexibility index (Phi) is 4.69. The van der Waals surface area contributed by atoms with E-state index in [2.05, 4.69) is 24.4 Å². The number of rotatable bonds is 5. The summed E-state index contributed by atoms with van der Waals surface area (Å²) < 4.78 is 5.66. The van der Waals surface area contributed by atoms with Crippen LogP contribution in [0.5, 0.6) is 5.75 Å². The molecule has 0 spiro atoms. The highest BCUT2D eigenvalue weighted by Crippen LogP contribution is 2.25. The van der Waals surface area contributed by atoms with Crippen molar-refractivity contribution in [3.63, 3.8) is 0 Å². The van der Waals surface area contributed by atoms with Crippen molar-refractivity contribution in [2.24, 2.45) is 0 Å². The van der Waals surface area contributed by atoms with Crippen LogP contribution in [0.1, 0.15) is 11.1 Å². The van der Waals surface area contributed by atoms with E-state index in [-0.39, 0.29) is 0 Å². The first-order valence-electron chi connectivity index (χ1n) is 6.35. The third kappa shape index (κ3) is 3.90. The van der Waals surface area contributed by atoms with E-state index in [1.165, 1.54) is 5.56 Å². The highest BCUT2D eigenvalue weighted by molar-refractivity contribution is 6.32. The highest BCUT2D eigenvalue weighted by atomic mass is 35.5. The molecule has 0 amide bonds. The predicted molar refractivity (Wildman–Crippen MR) is 81.4 cm³/mol. The largest absolute Gasteiger partial charge is 0.490 e. The first-order valence-corrected chi connectivity index (χ1v) is 6.73. The smallest absolute Gasteiger partial charge is 0.137 e. The zero-order chi connectivity index (χ0) is 13.7. The van der Waals surface area contributed by atoms with Gasteiger partial charge < -0.3 is 10.1 Å². The second-order valence-corrected chi connectivity index (χ2v) is 4.93. The number of hydrogen-bond acceptors (Lipinski definition) is 2. The number of para-hydroxylation sites is 1. The number of ether oxygens (including phenoxy) is 1. The molecule has 0 unspecified atom stereocenters. The number of benzene rings is 2. The van der Waals surface area contributed by atoms with E-state index >= 15 is 0 Å². The van der Waals surface area contributed by atoms with Crippen LogP contribution in [-0.2, 0) is 0 Å². The Hall–Kier alpha value is -1.67. The van der Waals surface area contributed by atoms with Gasteiger partial charge in [0.2, 0.25) is 0 Å². The van der Waals surface area contributed by atoms with E-state index in [9.17, 15) is 0 Å². The highest BCUT2D eigenvalue weighted by Gasteiger charge is 2.01. The summed E-state index contributed by atoms with van der Waals surface area (Å²) in [5, 5.41) is 4.01. The fourth-order valence-electron chi connectivity index (χ4n) is 1.84. The minimum Gasteiger partial charge on any atom is -0.490 e. The van der Waals surface area contributed by atoms with Crippen LogP contribution in [0.2, 0.25) is 5.02 Å². The van der Waals surface area contributed by atoms with Gasteiger partial charge in [-0.3, -0.25) is 0 Å². The Bertz CT molecular complexity index is 554. The molecule has 0 aliphatic rings. The summed E-state index contributed by atoms with van der Waals surface area (Å²) in [6.07, 6.45) is 0. The van der Waals surface area contributed by atoms with E-state index in [1.807, 2.05) is 37.3 Å². The molecule has 2 aromatic rings. The summed E-state index contributed by atoms with van der Waals surface area (Å²) >= 11 is 6.11. The molecule has 0 saturated heterocycles. The quantitative estimate of drug-likeness (QED) is 0.814. The lowest BCUT2D eigenvalue weighted by atomic mass is 10.2. The number of aryl methyl sites for hydroxylation is 2. The molecule has 1 N–H and O–H groups in total. The Labute approximate surface area is 119 Å². The molecule has 19 heavy (non-hydrogen) atoms. The maximum absolute atomic E-state index is 6.11. The normalized spacial score (nSPS) is 10.3. The van der Waals surface area contributed by atoms with Gasteiger partial charge in [0.05, 0.1) is 5.02 Å². The van der Waals surface area contributed by atoms with Gasteiger partial charge in [0.25, 0.3) is 0 Å². The van der Waals surface area contributed by atoms with Crippen molar-refractivity contribution in [3.05, 3.63) is 58.6 Å². The number of hydrogen-bond donors (Lipinski definition) is 1. The zero-order valence-electron chi connectivity index (χ0n) is 11.2. The zero-order valence-corrected chi connectivity index (χ0v) is 12.0. The molecule has 0 bridgehead atoms. The van der Waals surface area contributed by atoms with Crippen molar-refractivity contribution < 1.29 is 4.74 Å².